The van der Waals surface area contributed by atoms with E-state index in [1.807, 2.05) is 27.7 Å². The molecule has 0 spiro atoms. The van der Waals surface area contributed by atoms with Gasteiger partial charge >= 0.3 is 6.09 Å². The van der Waals surface area contributed by atoms with Gasteiger partial charge in [-0.25, -0.2) is 23.5 Å². The number of carbonyl (C=O) groups excluding carboxylic acids is 1. The van der Waals surface area contributed by atoms with Crippen molar-refractivity contribution in [3.63, 3.8) is 0 Å². The molecule has 1 amide bonds. The molecule has 3 rings (SSSR count). The Morgan fingerprint density at radius 3 is 2.35 bits per heavy atom. The van der Waals surface area contributed by atoms with Gasteiger partial charge in [-0.3, -0.25) is 4.90 Å². The average molecular weight is 522 g/mol. The fourth-order valence-corrected chi connectivity index (χ4v) is 4.52. The van der Waals surface area contributed by atoms with Crippen molar-refractivity contribution in [2.45, 2.75) is 66.5 Å². The van der Waals surface area contributed by atoms with Crippen LogP contribution in [0.2, 0.25) is 0 Å². The summed E-state index contributed by atoms with van der Waals surface area (Å²) in [6.45, 7) is 18.2. The number of hydrogen-bond acceptors (Lipinski definition) is 7. The number of likely N-dealkylation sites (N-methyl/N-ethyl adjacent to an activating group) is 2. The first-order valence-corrected chi connectivity index (χ1v) is 13.2. The fourth-order valence-electron chi connectivity index (χ4n) is 4.52. The van der Waals surface area contributed by atoms with Gasteiger partial charge in [-0.05, 0) is 46.6 Å². The van der Waals surface area contributed by atoms with E-state index in [-0.39, 0.29) is 30.1 Å². The Labute approximate surface area is 218 Å². The number of carbonyl (C=O) groups is 1. The van der Waals surface area contributed by atoms with E-state index in [0.717, 1.165) is 44.7 Å². The molecule has 0 saturated carbocycles. The summed E-state index contributed by atoms with van der Waals surface area (Å²) in [6.07, 6.45) is 0.535. The average Bonchev–Trinajstić information content (AvgIpc) is 3.29. The number of aromatic nitrogens is 2. The molecule has 2 aromatic rings. The minimum Gasteiger partial charge on any atom is -0.473 e. The Kier molecular flexibility index (Phi) is 9.50. The van der Waals surface area contributed by atoms with Crippen molar-refractivity contribution in [1.82, 2.24) is 19.8 Å². The van der Waals surface area contributed by atoms with Gasteiger partial charge in [0.15, 0.2) is 17.5 Å². The molecule has 1 aromatic heterocycles. The van der Waals surface area contributed by atoms with Gasteiger partial charge in [-0.1, -0.05) is 20.8 Å². The minimum absolute atomic E-state index is 0.148. The number of halogens is 2. The number of benzene rings is 1. The zero-order chi connectivity index (χ0) is 27.3. The van der Waals surface area contributed by atoms with Gasteiger partial charge in [-0.15, -0.1) is 0 Å². The standard InChI is InChI=1S/C27H41F2N5O3/c1-8-32(26(35)37-27(5,6)7)12-13-36-25-24(30-22-14-20(28)21(29)15-23(22)31-25)34-11-10-19(17-34)33(9-2)16-18(3)4/h14-15,18-19H,8-13,16-17H2,1-7H3/t19-/m0/s1. The topological polar surface area (TPSA) is 71.0 Å². The van der Waals surface area contributed by atoms with Crippen LogP contribution in [0.5, 0.6) is 5.88 Å². The quantitative estimate of drug-likeness (QED) is 0.431. The van der Waals surface area contributed by atoms with Crippen LogP contribution < -0.4 is 9.64 Å². The van der Waals surface area contributed by atoms with Gasteiger partial charge in [0.25, 0.3) is 5.88 Å². The summed E-state index contributed by atoms with van der Waals surface area (Å²) in [4.78, 5) is 27.8. The first-order valence-electron chi connectivity index (χ1n) is 13.2. The molecule has 0 unspecified atom stereocenters. The molecular weight excluding hydrogens is 480 g/mol. The van der Waals surface area contributed by atoms with E-state index < -0.39 is 23.3 Å². The van der Waals surface area contributed by atoms with Crippen molar-refractivity contribution in [2.75, 3.05) is 50.8 Å². The predicted molar refractivity (Wildman–Crippen MR) is 141 cm³/mol. The van der Waals surface area contributed by atoms with Crippen LogP contribution in [-0.4, -0.2) is 83.4 Å². The Balaban J connectivity index is 1.83. The van der Waals surface area contributed by atoms with E-state index in [9.17, 15) is 13.6 Å². The molecule has 0 N–H and O–H groups in total. The number of hydrogen-bond donors (Lipinski definition) is 0. The number of nitrogens with zero attached hydrogens (tertiary/aromatic N) is 5. The third-order valence-electron chi connectivity index (χ3n) is 6.28. The molecule has 0 aliphatic carbocycles. The van der Waals surface area contributed by atoms with Gasteiger partial charge in [0.1, 0.15) is 12.2 Å². The molecule has 1 atom stereocenters. The highest BCUT2D eigenvalue weighted by Gasteiger charge is 2.31. The Morgan fingerprint density at radius 1 is 1.14 bits per heavy atom. The van der Waals surface area contributed by atoms with Gasteiger partial charge < -0.3 is 19.3 Å². The summed E-state index contributed by atoms with van der Waals surface area (Å²) >= 11 is 0. The maximum absolute atomic E-state index is 14.0. The molecule has 2 heterocycles. The lowest BCUT2D eigenvalue weighted by Gasteiger charge is -2.29. The van der Waals surface area contributed by atoms with Crippen LogP contribution in [0.15, 0.2) is 12.1 Å². The van der Waals surface area contributed by atoms with Crippen LogP contribution in [0.25, 0.3) is 11.0 Å². The van der Waals surface area contributed by atoms with Crippen LogP contribution in [0, 0.1) is 17.6 Å². The fraction of sp³-hybridized carbons (Fsp3) is 0.667. The van der Waals surface area contributed by atoms with Crippen LogP contribution in [0.3, 0.4) is 0 Å². The lowest BCUT2D eigenvalue weighted by molar-refractivity contribution is 0.0236. The highest BCUT2D eigenvalue weighted by atomic mass is 19.2. The molecule has 0 bridgehead atoms. The number of fused-ring (bicyclic) bond motifs is 1. The molecule has 1 aliphatic heterocycles. The summed E-state index contributed by atoms with van der Waals surface area (Å²) in [5.41, 5.74) is -0.123. The van der Waals surface area contributed by atoms with Crippen molar-refractivity contribution in [1.29, 1.82) is 0 Å². The highest BCUT2D eigenvalue weighted by Crippen LogP contribution is 2.31. The monoisotopic (exact) mass is 521 g/mol. The zero-order valence-electron chi connectivity index (χ0n) is 23.2. The van der Waals surface area contributed by atoms with Crippen LogP contribution in [0.4, 0.5) is 19.4 Å². The van der Waals surface area contributed by atoms with Crippen LogP contribution in [0.1, 0.15) is 54.9 Å². The van der Waals surface area contributed by atoms with Crippen molar-refractivity contribution in [2.24, 2.45) is 5.92 Å². The van der Waals surface area contributed by atoms with Crippen LogP contribution >= 0.6 is 0 Å². The number of ether oxygens (including phenoxy) is 2. The minimum atomic E-state index is -0.990. The van der Waals surface area contributed by atoms with E-state index in [2.05, 4.69) is 40.5 Å². The first-order chi connectivity index (χ1) is 17.4. The molecule has 206 valence electrons. The Bertz CT molecular complexity index is 1080. The third kappa shape index (κ3) is 7.63. The van der Waals surface area contributed by atoms with E-state index in [0.29, 0.717) is 24.3 Å². The lowest BCUT2D eigenvalue weighted by Crippen LogP contribution is -2.40. The maximum Gasteiger partial charge on any atom is 0.410 e. The summed E-state index contributed by atoms with van der Waals surface area (Å²) in [5, 5.41) is 0. The first kappa shape index (κ1) is 28.8. The zero-order valence-corrected chi connectivity index (χ0v) is 23.2. The summed E-state index contributed by atoms with van der Waals surface area (Å²) in [6, 6.07) is 2.45. The Hall–Kier alpha value is -2.75. The molecule has 8 nitrogen and oxygen atoms in total. The van der Waals surface area contributed by atoms with Gasteiger partial charge in [-0.2, -0.15) is 0 Å². The van der Waals surface area contributed by atoms with Crippen molar-refractivity contribution in [3.8, 4) is 5.88 Å². The second-order valence-electron chi connectivity index (χ2n) is 10.9. The summed E-state index contributed by atoms with van der Waals surface area (Å²) in [5.74, 6) is -0.659. The molecule has 37 heavy (non-hydrogen) atoms. The van der Waals surface area contributed by atoms with Gasteiger partial charge in [0.2, 0.25) is 0 Å². The second kappa shape index (κ2) is 12.2. The molecule has 1 aromatic carbocycles. The van der Waals surface area contributed by atoms with E-state index in [4.69, 9.17) is 9.47 Å². The number of rotatable bonds is 10. The molecule has 1 saturated heterocycles. The van der Waals surface area contributed by atoms with E-state index in [1.54, 1.807) is 4.90 Å². The van der Waals surface area contributed by atoms with E-state index >= 15 is 0 Å². The summed E-state index contributed by atoms with van der Waals surface area (Å²) < 4.78 is 39.4. The van der Waals surface area contributed by atoms with Gasteiger partial charge in [0, 0.05) is 44.4 Å². The normalized spacial score (nSPS) is 16.2. The predicted octanol–water partition coefficient (Wildman–Crippen LogP) is 5.10. The van der Waals surface area contributed by atoms with Crippen molar-refractivity contribution < 1.29 is 23.0 Å². The van der Waals surface area contributed by atoms with Crippen LogP contribution in [-0.2, 0) is 4.74 Å². The summed E-state index contributed by atoms with van der Waals surface area (Å²) in [7, 11) is 0. The molecule has 0 radical (unpaired) electrons. The number of anilines is 1. The molecule has 1 fully saturated rings. The third-order valence-corrected chi connectivity index (χ3v) is 6.28. The van der Waals surface area contributed by atoms with Crippen molar-refractivity contribution >= 4 is 22.9 Å². The number of amides is 1. The van der Waals surface area contributed by atoms with Crippen molar-refractivity contribution in [3.05, 3.63) is 23.8 Å². The highest BCUT2D eigenvalue weighted by molar-refractivity contribution is 5.78. The van der Waals surface area contributed by atoms with Gasteiger partial charge in [0.05, 0.1) is 17.6 Å². The largest absolute Gasteiger partial charge is 0.473 e. The molecule has 10 heteroatoms. The smallest absolute Gasteiger partial charge is 0.410 e. The lowest BCUT2D eigenvalue weighted by atomic mass is 10.1. The SMILES string of the molecule is CCN(CCOc1nc2cc(F)c(F)cc2nc1N1CC[C@H](N(CC)CC(C)C)C1)C(=O)OC(C)(C)C. The second-order valence-corrected chi connectivity index (χ2v) is 10.9. The van der Waals surface area contributed by atoms with E-state index in [1.165, 1.54) is 0 Å². The molecular formula is C27H41F2N5O3. The molecule has 1 aliphatic rings. The Morgan fingerprint density at radius 2 is 1.78 bits per heavy atom. The maximum atomic E-state index is 14.0.